The van der Waals surface area contributed by atoms with E-state index in [1.165, 1.54) is 50.5 Å². The lowest BCUT2D eigenvalue weighted by Crippen LogP contribution is -2.48. The first-order valence-corrected chi connectivity index (χ1v) is 10.8. The van der Waals surface area contributed by atoms with Crippen LogP contribution in [0.3, 0.4) is 0 Å². The normalized spacial score (nSPS) is 40.9. The molecule has 4 rings (SSSR count). The first-order chi connectivity index (χ1) is 12.2. The van der Waals surface area contributed by atoms with Crippen LogP contribution in [0.1, 0.15) is 91.9 Å². The molecule has 2 nitrogen and oxygen atoms in total. The predicted molar refractivity (Wildman–Crippen MR) is 108 cm³/mol. The van der Waals surface area contributed by atoms with Crippen molar-refractivity contribution in [1.29, 1.82) is 0 Å². The van der Waals surface area contributed by atoms with E-state index in [9.17, 15) is 4.79 Å². The number of carbonyl (C=O) groups excluding carboxylic acids is 1. The lowest BCUT2D eigenvalue weighted by atomic mass is 9.59. The zero-order chi connectivity index (χ0) is 19.0. The molecule has 0 aromatic heterocycles. The minimum atomic E-state index is -0.0799. The Morgan fingerprint density at radius 1 is 1.12 bits per heavy atom. The van der Waals surface area contributed by atoms with E-state index in [-0.39, 0.29) is 17.0 Å². The molecule has 1 heterocycles. The van der Waals surface area contributed by atoms with Gasteiger partial charge >= 0.3 is 5.97 Å². The largest absolute Gasteiger partial charge is 0.458 e. The van der Waals surface area contributed by atoms with E-state index in [0.29, 0.717) is 11.8 Å². The fourth-order valence-electron chi connectivity index (χ4n) is 6.43. The Kier molecular flexibility index (Phi) is 5.43. The zero-order valence-corrected chi connectivity index (χ0v) is 17.4. The van der Waals surface area contributed by atoms with Crippen LogP contribution >= 0.6 is 0 Å². The highest BCUT2D eigenvalue weighted by Crippen LogP contribution is 2.63. The van der Waals surface area contributed by atoms with E-state index in [2.05, 4.69) is 40.3 Å². The molecule has 4 atom stereocenters. The highest BCUT2D eigenvalue weighted by molar-refractivity contribution is 5.72. The summed E-state index contributed by atoms with van der Waals surface area (Å²) in [5, 5.41) is 0. The molecule has 3 aliphatic carbocycles. The Balaban J connectivity index is 0.000000170. The summed E-state index contributed by atoms with van der Waals surface area (Å²) in [6, 6.07) is 0. The fraction of sp³-hybridized carbons (Fsp3) is 0.792. The molecule has 3 fully saturated rings. The average molecular weight is 359 g/mol. The molecule has 2 heteroatoms. The van der Waals surface area contributed by atoms with Crippen molar-refractivity contribution >= 4 is 5.97 Å². The Hall–Kier alpha value is -1.05. The first-order valence-electron chi connectivity index (χ1n) is 10.8. The van der Waals surface area contributed by atoms with E-state index < -0.39 is 0 Å². The molecule has 146 valence electrons. The smallest absolute Gasteiger partial charge is 0.306 e. The Morgan fingerprint density at radius 3 is 2.46 bits per heavy atom. The minimum absolute atomic E-state index is 0.0418. The summed E-state index contributed by atoms with van der Waals surface area (Å²) in [5.41, 5.74) is 2.01. The number of allylic oxidation sites excluding steroid dienone is 3. The summed E-state index contributed by atoms with van der Waals surface area (Å²) in [6.45, 7) is 13.2. The van der Waals surface area contributed by atoms with Crippen LogP contribution in [0.25, 0.3) is 0 Å². The molecule has 0 amide bonds. The molecule has 1 aliphatic heterocycles. The SMILES string of the molecule is C=CC1=CCCCC1(C)C.CC1CCC[C@@]2(C)C1CC[C@@]21CCC(=O)O1. The molecule has 0 radical (unpaired) electrons. The fourth-order valence-corrected chi connectivity index (χ4v) is 6.43. The molecule has 2 unspecified atom stereocenters. The van der Waals surface area contributed by atoms with Crippen molar-refractivity contribution in [3.8, 4) is 0 Å². The summed E-state index contributed by atoms with van der Waals surface area (Å²) in [7, 11) is 0. The Bertz CT molecular complexity index is 587. The number of fused-ring (bicyclic) bond motifs is 2. The van der Waals surface area contributed by atoms with Crippen LogP contribution in [-0.4, -0.2) is 11.6 Å². The molecular weight excluding hydrogens is 320 g/mol. The maximum atomic E-state index is 11.5. The van der Waals surface area contributed by atoms with Gasteiger partial charge in [0.25, 0.3) is 0 Å². The van der Waals surface area contributed by atoms with Crippen LogP contribution in [0.4, 0.5) is 0 Å². The molecule has 0 aromatic rings. The standard InChI is InChI=1S/C14H22O2.C10H16/c1-10-4-3-7-13(2)11(10)5-8-14(13)9-6-12(15)16-14;1-4-9-7-5-6-8-10(9,2)3/h10-11H,3-9H2,1-2H3;4,7H,1,5-6,8H2,2-3H3/t10?,11?,13-,14+;/m0./s1. The van der Waals surface area contributed by atoms with E-state index in [1.54, 1.807) is 0 Å². The lowest BCUT2D eigenvalue weighted by molar-refractivity contribution is -0.162. The van der Waals surface area contributed by atoms with Crippen molar-refractivity contribution in [2.75, 3.05) is 0 Å². The van der Waals surface area contributed by atoms with Gasteiger partial charge in [-0.3, -0.25) is 4.79 Å². The van der Waals surface area contributed by atoms with Gasteiger partial charge in [0.1, 0.15) is 5.60 Å². The van der Waals surface area contributed by atoms with E-state index in [4.69, 9.17) is 4.74 Å². The van der Waals surface area contributed by atoms with Crippen LogP contribution in [0.2, 0.25) is 0 Å². The van der Waals surface area contributed by atoms with E-state index in [1.807, 2.05) is 6.08 Å². The summed E-state index contributed by atoms with van der Waals surface area (Å²) in [6.07, 6.45) is 16.2. The van der Waals surface area contributed by atoms with Gasteiger partial charge in [-0.1, -0.05) is 59.3 Å². The Labute approximate surface area is 160 Å². The average Bonchev–Trinajstić information content (AvgIpc) is 3.10. The van der Waals surface area contributed by atoms with Gasteiger partial charge in [-0.2, -0.15) is 0 Å². The van der Waals surface area contributed by atoms with Crippen molar-refractivity contribution < 1.29 is 9.53 Å². The van der Waals surface area contributed by atoms with Gasteiger partial charge in [0, 0.05) is 11.8 Å². The maximum Gasteiger partial charge on any atom is 0.306 e. The maximum absolute atomic E-state index is 11.5. The number of esters is 1. The third-order valence-electron chi connectivity index (χ3n) is 8.17. The van der Waals surface area contributed by atoms with Gasteiger partial charge < -0.3 is 4.74 Å². The van der Waals surface area contributed by atoms with E-state index in [0.717, 1.165) is 24.7 Å². The molecule has 0 N–H and O–H groups in total. The number of hydrogen-bond acceptors (Lipinski definition) is 2. The minimum Gasteiger partial charge on any atom is -0.458 e. The van der Waals surface area contributed by atoms with Crippen molar-refractivity contribution in [2.45, 2.75) is 97.5 Å². The number of carbonyl (C=O) groups is 1. The summed E-state index contributed by atoms with van der Waals surface area (Å²) < 4.78 is 5.79. The molecule has 4 aliphatic rings. The third-order valence-corrected chi connectivity index (χ3v) is 8.17. The Morgan fingerprint density at radius 2 is 1.88 bits per heavy atom. The van der Waals surface area contributed by atoms with Crippen LogP contribution in [-0.2, 0) is 9.53 Å². The van der Waals surface area contributed by atoms with Crippen molar-refractivity contribution in [2.24, 2.45) is 22.7 Å². The van der Waals surface area contributed by atoms with Crippen LogP contribution < -0.4 is 0 Å². The van der Waals surface area contributed by atoms with Gasteiger partial charge in [0.05, 0.1) is 0 Å². The van der Waals surface area contributed by atoms with Gasteiger partial charge in [-0.05, 0) is 67.8 Å². The zero-order valence-electron chi connectivity index (χ0n) is 17.4. The number of rotatable bonds is 1. The van der Waals surface area contributed by atoms with Crippen molar-refractivity contribution in [3.05, 3.63) is 24.3 Å². The van der Waals surface area contributed by atoms with Crippen LogP contribution in [0.5, 0.6) is 0 Å². The van der Waals surface area contributed by atoms with Gasteiger partial charge in [-0.15, -0.1) is 0 Å². The summed E-state index contributed by atoms with van der Waals surface area (Å²) >= 11 is 0. The summed E-state index contributed by atoms with van der Waals surface area (Å²) in [4.78, 5) is 11.5. The first kappa shape index (κ1) is 19.7. The monoisotopic (exact) mass is 358 g/mol. The molecule has 1 saturated heterocycles. The second-order valence-electron chi connectivity index (χ2n) is 10.0. The molecule has 0 bridgehead atoms. The predicted octanol–water partition coefficient (Wildman–Crippen LogP) is 6.61. The van der Waals surface area contributed by atoms with Gasteiger partial charge in [-0.25, -0.2) is 0 Å². The second-order valence-corrected chi connectivity index (χ2v) is 10.0. The number of hydrogen-bond donors (Lipinski definition) is 0. The van der Waals surface area contributed by atoms with Gasteiger partial charge in [0.2, 0.25) is 0 Å². The molecule has 26 heavy (non-hydrogen) atoms. The van der Waals surface area contributed by atoms with E-state index >= 15 is 0 Å². The second kappa shape index (κ2) is 7.17. The van der Waals surface area contributed by atoms with Crippen molar-refractivity contribution in [1.82, 2.24) is 0 Å². The van der Waals surface area contributed by atoms with Gasteiger partial charge in [0.15, 0.2) is 0 Å². The topological polar surface area (TPSA) is 26.3 Å². The number of ether oxygens (including phenoxy) is 1. The quantitative estimate of drug-likeness (QED) is 0.493. The molecule has 0 aromatic carbocycles. The van der Waals surface area contributed by atoms with Crippen LogP contribution in [0, 0.1) is 22.7 Å². The lowest BCUT2D eigenvalue weighted by Gasteiger charge is -2.48. The highest BCUT2D eigenvalue weighted by Gasteiger charge is 2.63. The highest BCUT2D eigenvalue weighted by atomic mass is 16.6. The van der Waals surface area contributed by atoms with Crippen molar-refractivity contribution in [3.63, 3.8) is 0 Å². The third kappa shape index (κ3) is 3.29. The molecule has 1 spiro atoms. The molecular formula is C24H38O2. The summed E-state index contributed by atoms with van der Waals surface area (Å²) in [5.74, 6) is 1.64. The molecule has 2 saturated carbocycles. The van der Waals surface area contributed by atoms with Crippen LogP contribution in [0.15, 0.2) is 24.3 Å².